The van der Waals surface area contributed by atoms with E-state index in [0.717, 1.165) is 17.5 Å². The van der Waals surface area contributed by atoms with Crippen LogP contribution in [-0.4, -0.2) is 17.3 Å². The van der Waals surface area contributed by atoms with E-state index in [0.29, 0.717) is 0 Å². The largest absolute Gasteiger partial charge is 0.507 e. The van der Waals surface area contributed by atoms with Gasteiger partial charge in [-0.05, 0) is 18.6 Å². The third-order valence-electron chi connectivity index (χ3n) is 2.99. The summed E-state index contributed by atoms with van der Waals surface area (Å²) in [6.07, 6.45) is 0.738. The summed E-state index contributed by atoms with van der Waals surface area (Å²) in [5, 5.41) is 9.70. The molecule has 0 spiro atoms. The molecule has 0 aromatic heterocycles. The molecule has 3 nitrogen and oxygen atoms in total. The normalized spacial score (nSPS) is 34.2. The van der Waals surface area contributed by atoms with Crippen LogP contribution in [0.15, 0.2) is 18.2 Å². The van der Waals surface area contributed by atoms with Crippen molar-refractivity contribution in [1.82, 2.24) is 0 Å². The first-order chi connectivity index (χ1) is 6.75. The second-order valence-electron chi connectivity index (χ2n) is 3.90. The minimum Gasteiger partial charge on any atom is -0.507 e. The Morgan fingerprint density at radius 2 is 2.21 bits per heavy atom. The van der Waals surface area contributed by atoms with Crippen LogP contribution in [0.1, 0.15) is 24.3 Å². The van der Waals surface area contributed by atoms with Crippen molar-refractivity contribution in [2.24, 2.45) is 0 Å². The van der Waals surface area contributed by atoms with Crippen molar-refractivity contribution in [2.45, 2.75) is 31.8 Å². The summed E-state index contributed by atoms with van der Waals surface area (Å²) in [6.45, 7) is 2.01. The third kappa shape index (κ3) is 0.996. The summed E-state index contributed by atoms with van der Waals surface area (Å²) >= 11 is 0. The smallest absolute Gasteiger partial charge is 0.188 e. The van der Waals surface area contributed by atoms with Gasteiger partial charge in [-0.3, -0.25) is 0 Å². The summed E-state index contributed by atoms with van der Waals surface area (Å²) < 4.78 is 11.2. The standard InChI is InChI=1S/C11H12O3/c1-6-9-5-7-3-2-4-8(12)10(7)11(13-6)14-9/h2-4,6,9,11-12H,5H2,1H3/t6-,9-,11+/m0/s1. The van der Waals surface area contributed by atoms with Crippen molar-refractivity contribution in [1.29, 1.82) is 0 Å². The molecule has 1 fully saturated rings. The lowest BCUT2D eigenvalue weighted by Crippen LogP contribution is -2.23. The maximum atomic E-state index is 9.70. The summed E-state index contributed by atoms with van der Waals surface area (Å²) in [4.78, 5) is 0. The summed E-state index contributed by atoms with van der Waals surface area (Å²) in [6, 6.07) is 5.57. The zero-order valence-corrected chi connectivity index (χ0v) is 7.93. The van der Waals surface area contributed by atoms with Crippen LogP contribution in [0.3, 0.4) is 0 Å². The van der Waals surface area contributed by atoms with E-state index in [2.05, 4.69) is 0 Å². The molecule has 2 bridgehead atoms. The maximum Gasteiger partial charge on any atom is 0.188 e. The lowest BCUT2D eigenvalue weighted by atomic mass is 9.97. The van der Waals surface area contributed by atoms with Crippen LogP contribution in [-0.2, 0) is 15.9 Å². The highest BCUT2D eigenvalue weighted by molar-refractivity contribution is 5.42. The predicted octanol–water partition coefficient (Wildman–Crippen LogP) is 1.75. The van der Waals surface area contributed by atoms with Gasteiger partial charge in [0.1, 0.15) is 5.75 Å². The molecule has 1 saturated heterocycles. The van der Waals surface area contributed by atoms with Gasteiger partial charge < -0.3 is 14.6 Å². The molecular weight excluding hydrogens is 180 g/mol. The first-order valence-corrected chi connectivity index (χ1v) is 4.87. The van der Waals surface area contributed by atoms with Crippen LogP contribution in [0.2, 0.25) is 0 Å². The molecule has 2 aliphatic rings. The molecule has 74 valence electrons. The van der Waals surface area contributed by atoms with Gasteiger partial charge in [0, 0.05) is 6.42 Å². The van der Waals surface area contributed by atoms with Gasteiger partial charge in [0.05, 0.1) is 17.8 Å². The SMILES string of the molecule is C[C@@H]1O[C@@H]2O[C@H]1Cc1cccc(O)c12. The number of aromatic hydroxyl groups is 1. The molecule has 1 N–H and O–H groups in total. The van der Waals surface area contributed by atoms with E-state index in [1.165, 1.54) is 0 Å². The molecule has 0 saturated carbocycles. The molecule has 3 rings (SSSR count). The molecule has 14 heavy (non-hydrogen) atoms. The van der Waals surface area contributed by atoms with Gasteiger partial charge in [0.25, 0.3) is 0 Å². The fraction of sp³-hybridized carbons (Fsp3) is 0.455. The zero-order chi connectivity index (χ0) is 9.71. The number of ether oxygens (including phenoxy) is 2. The fourth-order valence-electron chi connectivity index (χ4n) is 2.20. The van der Waals surface area contributed by atoms with Gasteiger partial charge in [-0.2, -0.15) is 0 Å². The Bertz CT molecular complexity index is 373. The van der Waals surface area contributed by atoms with Crippen LogP contribution in [0.4, 0.5) is 0 Å². The van der Waals surface area contributed by atoms with E-state index in [1.54, 1.807) is 6.07 Å². The van der Waals surface area contributed by atoms with Crippen molar-refractivity contribution in [3.63, 3.8) is 0 Å². The molecule has 1 aromatic rings. The Morgan fingerprint density at radius 3 is 3.07 bits per heavy atom. The van der Waals surface area contributed by atoms with E-state index >= 15 is 0 Å². The highest BCUT2D eigenvalue weighted by atomic mass is 16.7. The Kier molecular flexibility index (Phi) is 1.60. The first kappa shape index (κ1) is 8.26. The van der Waals surface area contributed by atoms with Crippen LogP contribution in [0.5, 0.6) is 5.75 Å². The number of hydrogen-bond acceptors (Lipinski definition) is 3. The predicted molar refractivity (Wildman–Crippen MR) is 50.0 cm³/mol. The van der Waals surface area contributed by atoms with E-state index in [9.17, 15) is 5.11 Å². The van der Waals surface area contributed by atoms with Crippen LogP contribution < -0.4 is 0 Å². The van der Waals surface area contributed by atoms with Crippen LogP contribution in [0, 0.1) is 0 Å². The van der Waals surface area contributed by atoms with Gasteiger partial charge in [-0.15, -0.1) is 0 Å². The number of rotatable bonds is 0. The topological polar surface area (TPSA) is 38.7 Å². The average molecular weight is 192 g/mol. The molecule has 2 aliphatic heterocycles. The average Bonchev–Trinajstić information content (AvgIpc) is 2.43. The zero-order valence-electron chi connectivity index (χ0n) is 7.93. The lowest BCUT2D eigenvalue weighted by Gasteiger charge is -2.22. The summed E-state index contributed by atoms with van der Waals surface area (Å²) in [5.41, 5.74) is 1.96. The molecule has 3 heteroatoms. The Balaban J connectivity index is 2.12. The van der Waals surface area contributed by atoms with E-state index in [-0.39, 0.29) is 24.2 Å². The van der Waals surface area contributed by atoms with Crippen molar-refractivity contribution in [3.8, 4) is 5.75 Å². The van der Waals surface area contributed by atoms with Gasteiger partial charge >= 0.3 is 0 Å². The monoisotopic (exact) mass is 192 g/mol. The quantitative estimate of drug-likeness (QED) is 0.680. The number of phenols is 1. The van der Waals surface area contributed by atoms with Crippen molar-refractivity contribution in [3.05, 3.63) is 29.3 Å². The Morgan fingerprint density at radius 1 is 1.36 bits per heavy atom. The van der Waals surface area contributed by atoms with Crippen molar-refractivity contribution in [2.75, 3.05) is 0 Å². The molecular formula is C11H12O3. The third-order valence-corrected chi connectivity index (χ3v) is 2.99. The number of benzene rings is 1. The second-order valence-corrected chi connectivity index (χ2v) is 3.90. The van der Waals surface area contributed by atoms with Crippen LogP contribution >= 0.6 is 0 Å². The van der Waals surface area contributed by atoms with E-state index in [4.69, 9.17) is 9.47 Å². The molecule has 2 heterocycles. The second kappa shape index (κ2) is 2.72. The number of hydrogen-bond donors (Lipinski definition) is 1. The van der Waals surface area contributed by atoms with E-state index < -0.39 is 0 Å². The molecule has 0 radical (unpaired) electrons. The Hall–Kier alpha value is -1.06. The molecule has 1 aromatic carbocycles. The van der Waals surface area contributed by atoms with Gasteiger partial charge in [0.15, 0.2) is 6.29 Å². The van der Waals surface area contributed by atoms with Gasteiger partial charge in [-0.1, -0.05) is 12.1 Å². The number of fused-ring (bicyclic) bond motifs is 4. The van der Waals surface area contributed by atoms with Crippen LogP contribution in [0.25, 0.3) is 0 Å². The highest BCUT2D eigenvalue weighted by Crippen LogP contribution is 2.43. The minimum atomic E-state index is -0.361. The van der Waals surface area contributed by atoms with E-state index in [1.807, 2.05) is 19.1 Å². The maximum absolute atomic E-state index is 9.70. The number of phenolic OH excluding ortho intramolecular Hbond substituents is 1. The summed E-state index contributed by atoms with van der Waals surface area (Å²) in [5.74, 6) is 0.278. The Labute approximate surface area is 82.3 Å². The molecule has 0 aliphatic carbocycles. The fourth-order valence-corrected chi connectivity index (χ4v) is 2.20. The first-order valence-electron chi connectivity index (χ1n) is 4.87. The molecule has 0 amide bonds. The molecule has 0 unspecified atom stereocenters. The van der Waals surface area contributed by atoms with Crippen molar-refractivity contribution >= 4 is 0 Å². The highest BCUT2D eigenvalue weighted by Gasteiger charge is 2.40. The minimum absolute atomic E-state index is 0.117. The molecule has 3 atom stereocenters. The van der Waals surface area contributed by atoms with Gasteiger partial charge in [0.2, 0.25) is 0 Å². The lowest BCUT2D eigenvalue weighted by molar-refractivity contribution is -0.0749. The van der Waals surface area contributed by atoms with Gasteiger partial charge in [-0.25, -0.2) is 0 Å². The van der Waals surface area contributed by atoms with Crippen molar-refractivity contribution < 1.29 is 14.6 Å². The summed E-state index contributed by atoms with van der Waals surface area (Å²) in [7, 11) is 0.